The summed E-state index contributed by atoms with van der Waals surface area (Å²) in [6, 6.07) is 7.51. The van der Waals surface area contributed by atoms with E-state index in [0.29, 0.717) is 18.2 Å². The third kappa shape index (κ3) is 3.35. The molecule has 4 heteroatoms. The van der Waals surface area contributed by atoms with Crippen molar-refractivity contribution in [3.05, 3.63) is 28.2 Å². The topological polar surface area (TPSA) is 24.5 Å². The molecule has 0 saturated carbocycles. The standard InChI is InChI=1S/C16H25BrN2O/c1-5-14-10-20-11(2)9-19(14)16-7-6-13(8-15(16)17)12(3)18-4/h6-8,11-12,14,18H,5,9-10H2,1-4H3. The highest BCUT2D eigenvalue weighted by Crippen LogP contribution is 2.32. The molecule has 0 radical (unpaired) electrons. The van der Waals surface area contributed by atoms with Gasteiger partial charge in [-0.2, -0.15) is 0 Å². The molecule has 1 heterocycles. The number of hydrogen-bond donors (Lipinski definition) is 1. The first-order valence-electron chi connectivity index (χ1n) is 7.41. The third-order valence-electron chi connectivity index (χ3n) is 4.15. The van der Waals surface area contributed by atoms with E-state index < -0.39 is 0 Å². The molecule has 1 aromatic rings. The van der Waals surface area contributed by atoms with Crippen LogP contribution in [-0.2, 0) is 4.74 Å². The van der Waals surface area contributed by atoms with Crippen molar-refractivity contribution in [1.82, 2.24) is 5.32 Å². The average molecular weight is 341 g/mol. The van der Waals surface area contributed by atoms with Crippen molar-refractivity contribution >= 4 is 21.6 Å². The summed E-state index contributed by atoms with van der Waals surface area (Å²) < 4.78 is 6.96. The number of ether oxygens (including phenoxy) is 1. The normalized spacial score (nSPS) is 24.8. The summed E-state index contributed by atoms with van der Waals surface area (Å²) in [5, 5.41) is 3.28. The summed E-state index contributed by atoms with van der Waals surface area (Å²) >= 11 is 3.75. The molecule has 3 nitrogen and oxygen atoms in total. The van der Waals surface area contributed by atoms with E-state index in [4.69, 9.17) is 4.74 Å². The summed E-state index contributed by atoms with van der Waals surface area (Å²) in [6.45, 7) is 8.32. The fourth-order valence-corrected chi connectivity index (χ4v) is 3.29. The van der Waals surface area contributed by atoms with E-state index >= 15 is 0 Å². The van der Waals surface area contributed by atoms with E-state index in [2.05, 4.69) is 65.1 Å². The van der Waals surface area contributed by atoms with Crippen LogP contribution >= 0.6 is 15.9 Å². The lowest BCUT2D eigenvalue weighted by Gasteiger charge is -2.40. The highest BCUT2D eigenvalue weighted by molar-refractivity contribution is 9.10. The Morgan fingerprint density at radius 3 is 2.85 bits per heavy atom. The first-order chi connectivity index (χ1) is 9.56. The quantitative estimate of drug-likeness (QED) is 0.903. The Balaban J connectivity index is 2.26. The van der Waals surface area contributed by atoms with Gasteiger partial charge in [0.1, 0.15) is 0 Å². The van der Waals surface area contributed by atoms with Crippen molar-refractivity contribution in [1.29, 1.82) is 0 Å². The van der Waals surface area contributed by atoms with Crippen LogP contribution in [0.25, 0.3) is 0 Å². The molecule has 1 N–H and O–H groups in total. The summed E-state index contributed by atoms with van der Waals surface area (Å²) in [7, 11) is 1.99. The first-order valence-corrected chi connectivity index (χ1v) is 8.21. The number of morpholine rings is 1. The number of hydrogen-bond acceptors (Lipinski definition) is 3. The molecule has 1 saturated heterocycles. The third-order valence-corrected chi connectivity index (χ3v) is 4.79. The lowest BCUT2D eigenvalue weighted by Crippen LogP contribution is -2.48. The highest BCUT2D eigenvalue weighted by Gasteiger charge is 2.27. The SMILES string of the molecule is CCC1COC(C)CN1c1ccc(C(C)NC)cc1Br. The predicted octanol–water partition coefficient (Wildman–Crippen LogP) is 3.73. The van der Waals surface area contributed by atoms with Crippen molar-refractivity contribution in [2.24, 2.45) is 0 Å². The van der Waals surface area contributed by atoms with Gasteiger partial charge in [0.25, 0.3) is 0 Å². The Kier molecular flexibility index (Phi) is 5.47. The Labute approximate surface area is 130 Å². The number of nitrogens with one attached hydrogen (secondary N) is 1. The van der Waals surface area contributed by atoms with E-state index in [1.165, 1.54) is 15.7 Å². The average Bonchev–Trinajstić information content (AvgIpc) is 2.46. The van der Waals surface area contributed by atoms with Crippen molar-refractivity contribution in [3.8, 4) is 0 Å². The Morgan fingerprint density at radius 2 is 2.25 bits per heavy atom. The van der Waals surface area contributed by atoms with Crippen LogP contribution in [0, 0.1) is 0 Å². The number of benzene rings is 1. The zero-order chi connectivity index (χ0) is 14.7. The van der Waals surface area contributed by atoms with Crippen LogP contribution in [0.2, 0.25) is 0 Å². The van der Waals surface area contributed by atoms with Gasteiger partial charge in [-0.15, -0.1) is 0 Å². The van der Waals surface area contributed by atoms with Crippen LogP contribution in [0.3, 0.4) is 0 Å². The highest BCUT2D eigenvalue weighted by atomic mass is 79.9. The minimum Gasteiger partial charge on any atom is -0.375 e. The van der Waals surface area contributed by atoms with Crippen molar-refractivity contribution in [3.63, 3.8) is 0 Å². The van der Waals surface area contributed by atoms with Crippen LogP contribution in [0.15, 0.2) is 22.7 Å². The Morgan fingerprint density at radius 1 is 1.50 bits per heavy atom. The fraction of sp³-hybridized carbons (Fsp3) is 0.625. The van der Waals surface area contributed by atoms with Gasteiger partial charge >= 0.3 is 0 Å². The number of rotatable bonds is 4. The van der Waals surface area contributed by atoms with E-state index in [9.17, 15) is 0 Å². The maximum atomic E-state index is 5.79. The molecule has 1 aliphatic heterocycles. The molecule has 0 aliphatic carbocycles. The number of halogens is 1. The van der Waals surface area contributed by atoms with Gasteiger partial charge in [-0.3, -0.25) is 0 Å². The predicted molar refractivity (Wildman–Crippen MR) is 88.5 cm³/mol. The molecule has 3 unspecified atom stereocenters. The molecule has 20 heavy (non-hydrogen) atoms. The lowest BCUT2D eigenvalue weighted by atomic mass is 10.1. The molecular weight excluding hydrogens is 316 g/mol. The van der Waals surface area contributed by atoms with Gasteiger partial charge in [-0.05, 0) is 60.9 Å². The molecule has 1 aliphatic rings. The van der Waals surface area contributed by atoms with Crippen molar-refractivity contribution in [2.45, 2.75) is 45.4 Å². The molecule has 0 amide bonds. The van der Waals surface area contributed by atoms with Crippen LogP contribution < -0.4 is 10.2 Å². The molecule has 0 bridgehead atoms. The second-order valence-electron chi connectivity index (χ2n) is 5.58. The van der Waals surface area contributed by atoms with Gasteiger partial charge < -0.3 is 15.0 Å². The molecule has 2 rings (SSSR count). The molecule has 0 spiro atoms. The molecule has 1 fully saturated rings. The second kappa shape index (κ2) is 6.92. The summed E-state index contributed by atoms with van der Waals surface area (Å²) in [5.41, 5.74) is 2.58. The Bertz CT molecular complexity index is 452. The molecule has 1 aromatic carbocycles. The van der Waals surface area contributed by atoms with Gasteiger partial charge in [0, 0.05) is 17.1 Å². The lowest BCUT2D eigenvalue weighted by molar-refractivity contribution is 0.0299. The minimum absolute atomic E-state index is 0.292. The van der Waals surface area contributed by atoms with Crippen LogP contribution in [0.5, 0.6) is 0 Å². The maximum Gasteiger partial charge on any atom is 0.0723 e. The molecule has 0 aromatic heterocycles. The first kappa shape index (κ1) is 15.8. The van der Waals surface area contributed by atoms with Crippen molar-refractivity contribution in [2.75, 3.05) is 25.1 Å². The molecule has 3 atom stereocenters. The van der Waals surface area contributed by atoms with Gasteiger partial charge in [-0.1, -0.05) is 13.0 Å². The second-order valence-corrected chi connectivity index (χ2v) is 6.43. The van der Waals surface area contributed by atoms with E-state index in [-0.39, 0.29) is 0 Å². The van der Waals surface area contributed by atoms with E-state index in [1.54, 1.807) is 0 Å². The largest absolute Gasteiger partial charge is 0.375 e. The monoisotopic (exact) mass is 340 g/mol. The van der Waals surface area contributed by atoms with Crippen molar-refractivity contribution < 1.29 is 4.74 Å². The minimum atomic E-state index is 0.292. The smallest absolute Gasteiger partial charge is 0.0723 e. The maximum absolute atomic E-state index is 5.79. The van der Waals surface area contributed by atoms with Gasteiger partial charge in [0.05, 0.1) is 24.4 Å². The molecular formula is C16H25BrN2O. The summed E-state index contributed by atoms with van der Waals surface area (Å²) in [5.74, 6) is 0. The van der Waals surface area contributed by atoms with Crippen LogP contribution in [-0.4, -0.2) is 32.3 Å². The van der Waals surface area contributed by atoms with E-state index in [1.807, 2.05) is 7.05 Å². The zero-order valence-electron chi connectivity index (χ0n) is 12.8. The van der Waals surface area contributed by atoms with Gasteiger partial charge in [0.15, 0.2) is 0 Å². The fourth-order valence-electron chi connectivity index (χ4n) is 2.67. The Hall–Kier alpha value is -0.580. The van der Waals surface area contributed by atoms with Crippen LogP contribution in [0.4, 0.5) is 5.69 Å². The molecule has 112 valence electrons. The van der Waals surface area contributed by atoms with Gasteiger partial charge in [-0.25, -0.2) is 0 Å². The zero-order valence-corrected chi connectivity index (χ0v) is 14.4. The summed E-state index contributed by atoms with van der Waals surface area (Å²) in [4.78, 5) is 2.48. The summed E-state index contributed by atoms with van der Waals surface area (Å²) in [6.07, 6.45) is 1.40. The van der Waals surface area contributed by atoms with Gasteiger partial charge in [0.2, 0.25) is 0 Å². The number of anilines is 1. The van der Waals surface area contributed by atoms with Crippen LogP contribution in [0.1, 0.15) is 38.8 Å². The number of nitrogens with zero attached hydrogens (tertiary/aromatic N) is 1. The van der Waals surface area contributed by atoms with E-state index in [0.717, 1.165) is 19.6 Å².